The second-order valence-corrected chi connectivity index (χ2v) is 5.27. The third-order valence-electron chi connectivity index (χ3n) is 3.86. The lowest BCUT2D eigenvalue weighted by molar-refractivity contribution is -0.134. The third kappa shape index (κ3) is 4.15. The van der Waals surface area contributed by atoms with Crippen molar-refractivity contribution in [3.05, 3.63) is 23.8 Å². The minimum absolute atomic E-state index is 0.0890. The van der Waals surface area contributed by atoms with Crippen LogP contribution in [0.5, 0.6) is 11.5 Å². The van der Waals surface area contributed by atoms with Crippen LogP contribution >= 0.6 is 0 Å². The van der Waals surface area contributed by atoms with Gasteiger partial charge in [-0.25, -0.2) is 0 Å². The molecule has 0 unspecified atom stereocenters. The van der Waals surface area contributed by atoms with Crippen molar-refractivity contribution >= 4 is 18.2 Å². The number of rotatable bonds is 6. The van der Waals surface area contributed by atoms with E-state index in [-0.39, 0.29) is 18.4 Å². The molecule has 1 aliphatic heterocycles. The van der Waals surface area contributed by atoms with E-state index in [0.717, 1.165) is 6.41 Å². The number of carbonyl (C=O) groups is 3. The Balaban J connectivity index is 1.89. The predicted octanol–water partition coefficient (Wildman–Crippen LogP) is -0.266. The molecule has 1 saturated heterocycles. The van der Waals surface area contributed by atoms with Crippen molar-refractivity contribution in [2.45, 2.75) is 0 Å². The van der Waals surface area contributed by atoms with Crippen LogP contribution in [0.2, 0.25) is 0 Å². The molecule has 3 amide bonds. The summed E-state index contributed by atoms with van der Waals surface area (Å²) < 4.78 is 10.3. The molecule has 24 heavy (non-hydrogen) atoms. The average molecular weight is 335 g/mol. The van der Waals surface area contributed by atoms with Crippen LogP contribution in [0.25, 0.3) is 0 Å². The van der Waals surface area contributed by atoms with Gasteiger partial charge in [-0.2, -0.15) is 0 Å². The summed E-state index contributed by atoms with van der Waals surface area (Å²) in [6.07, 6.45) is 0.778. The first-order chi connectivity index (χ1) is 11.6. The molecule has 0 atom stereocenters. The van der Waals surface area contributed by atoms with Gasteiger partial charge in [0.2, 0.25) is 12.3 Å². The zero-order valence-electron chi connectivity index (χ0n) is 13.8. The van der Waals surface area contributed by atoms with Crippen LogP contribution in [-0.2, 0) is 9.59 Å². The minimum atomic E-state index is -0.365. The van der Waals surface area contributed by atoms with Gasteiger partial charge in [-0.15, -0.1) is 0 Å². The Morgan fingerprint density at radius 3 is 2.38 bits per heavy atom. The smallest absolute Gasteiger partial charge is 0.251 e. The monoisotopic (exact) mass is 335 g/mol. The quantitative estimate of drug-likeness (QED) is 0.723. The van der Waals surface area contributed by atoms with E-state index >= 15 is 0 Å². The van der Waals surface area contributed by atoms with Gasteiger partial charge in [0.15, 0.2) is 11.5 Å². The van der Waals surface area contributed by atoms with Crippen molar-refractivity contribution in [1.29, 1.82) is 0 Å². The molecule has 8 heteroatoms. The van der Waals surface area contributed by atoms with Crippen molar-refractivity contribution in [3.8, 4) is 11.5 Å². The zero-order chi connectivity index (χ0) is 17.5. The highest BCUT2D eigenvalue weighted by Gasteiger charge is 2.20. The first-order valence-electron chi connectivity index (χ1n) is 7.56. The Bertz CT molecular complexity index is 612. The van der Waals surface area contributed by atoms with Crippen molar-refractivity contribution in [1.82, 2.24) is 15.1 Å². The normalized spacial score (nSPS) is 14.1. The van der Waals surface area contributed by atoms with Crippen LogP contribution in [-0.4, -0.2) is 75.0 Å². The van der Waals surface area contributed by atoms with Crippen LogP contribution in [0.15, 0.2) is 18.2 Å². The number of hydrogen-bond acceptors (Lipinski definition) is 5. The molecule has 2 rings (SSSR count). The van der Waals surface area contributed by atoms with E-state index in [0.29, 0.717) is 43.2 Å². The first kappa shape index (κ1) is 17.6. The summed E-state index contributed by atoms with van der Waals surface area (Å²) >= 11 is 0. The topological polar surface area (TPSA) is 88.2 Å². The maximum absolute atomic E-state index is 12.2. The molecule has 1 N–H and O–H groups in total. The first-order valence-corrected chi connectivity index (χ1v) is 7.56. The van der Waals surface area contributed by atoms with Gasteiger partial charge in [0.05, 0.1) is 20.8 Å². The van der Waals surface area contributed by atoms with Crippen LogP contribution in [0.4, 0.5) is 0 Å². The van der Waals surface area contributed by atoms with Gasteiger partial charge < -0.3 is 24.6 Å². The summed E-state index contributed by atoms with van der Waals surface area (Å²) in [6.45, 7) is 1.89. The Morgan fingerprint density at radius 1 is 1.12 bits per heavy atom. The molecule has 0 aliphatic carbocycles. The van der Waals surface area contributed by atoms with Crippen LogP contribution in [0.3, 0.4) is 0 Å². The maximum Gasteiger partial charge on any atom is 0.251 e. The van der Waals surface area contributed by atoms with Gasteiger partial charge in [0.25, 0.3) is 5.91 Å². The Labute approximate surface area is 140 Å². The van der Waals surface area contributed by atoms with Crippen molar-refractivity contribution in [2.24, 2.45) is 0 Å². The maximum atomic E-state index is 12.2. The van der Waals surface area contributed by atoms with E-state index in [4.69, 9.17) is 9.47 Å². The number of piperazine rings is 1. The largest absolute Gasteiger partial charge is 0.493 e. The second kappa shape index (κ2) is 8.19. The fourth-order valence-electron chi connectivity index (χ4n) is 2.42. The summed E-state index contributed by atoms with van der Waals surface area (Å²) in [7, 11) is 3.00. The number of methoxy groups -OCH3 is 2. The van der Waals surface area contributed by atoms with E-state index in [2.05, 4.69) is 5.32 Å². The molecule has 130 valence electrons. The number of benzene rings is 1. The van der Waals surface area contributed by atoms with E-state index in [1.54, 1.807) is 28.0 Å². The number of nitrogens with one attached hydrogen (secondary N) is 1. The lowest BCUT2D eigenvalue weighted by Crippen LogP contribution is -2.50. The van der Waals surface area contributed by atoms with E-state index in [9.17, 15) is 14.4 Å². The van der Waals surface area contributed by atoms with E-state index < -0.39 is 0 Å². The summed E-state index contributed by atoms with van der Waals surface area (Å²) in [4.78, 5) is 38.2. The third-order valence-corrected chi connectivity index (χ3v) is 3.86. The molecule has 8 nitrogen and oxygen atoms in total. The Hall–Kier alpha value is -2.77. The van der Waals surface area contributed by atoms with Crippen LogP contribution in [0.1, 0.15) is 10.4 Å². The molecule has 0 aromatic heterocycles. The summed E-state index contributed by atoms with van der Waals surface area (Å²) in [5.74, 6) is 0.435. The number of amides is 3. The number of ether oxygens (including phenoxy) is 2. The molecule has 1 aliphatic rings. The standard InChI is InChI=1S/C16H21N3O5/c1-23-13-4-3-12(9-14(13)24-2)16(22)17-10-15(21)19-7-5-18(11-20)6-8-19/h3-4,9,11H,5-8,10H2,1-2H3,(H,17,22). The van der Waals surface area contributed by atoms with Crippen molar-refractivity contribution < 1.29 is 23.9 Å². The Kier molecular flexibility index (Phi) is 6.00. The lowest BCUT2D eigenvalue weighted by atomic mass is 10.2. The number of hydrogen-bond donors (Lipinski definition) is 1. The highest BCUT2D eigenvalue weighted by molar-refractivity contribution is 5.97. The van der Waals surface area contributed by atoms with Gasteiger partial charge in [-0.05, 0) is 18.2 Å². The summed E-state index contributed by atoms with van der Waals surface area (Å²) in [6, 6.07) is 4.79. The molecule has 0 spiro atoms. The highest BCUT2D eigenvalue weighted by atomic mass is 16.5. The molecule has 1 aromatic carbocycles. The van der Waals surface area contributed by atoms with Crippen LogP contribution in [0, 0.1) is 0 Å². The fourth-order valence-corrected chi connectivity index (χ4v) is 2.42. The van der Waals surface area contributed by atoms with Gasteiger partial charge in [-0.1, -0.05) is 0 Å². The average Bonchev–Trinajstić information content (AvgIpc) is 2.65. The molecule has 1 fully saturated rings. The molecule has 0 radical (unpaired) electrons. The molecule has 0 saturated carbocycles. The second-order valence-electron chi connectivity index (χ2n) is 5.27. The van der Waals surface area contributed by atoms with Gasteiger partial charge >= 0.3 is 0 Å². The number of carbonyl (C=O) groups excluding carboxylic acids is 3. The summed E-state index contributed by atoms with van der Waals surface area (Å²) in [5, 5.41) is 2.60. The van der Waals surface area contributed by atoms with Crippen molar-refractivity contribution in [3.63, 3.8) is 0 Å². The molecule has 1 heterocycles. The number of nitrogens with zero attached hydrogens (tertiary/aromatic N) is 2. The minimum Gasteiger partial charge on any atom is -0.493 e. The highest BCUT2D eigenvalue weighted by Crippen LogP contribution is 2.27. The van der Waals surface area contributed by atoms with Gasteiger partial charge in [0, 0.05) is 31.7 Å². The molecule has 1 aromatic rings. The molecular formula is C16H21N3O5. The molecular weight excluding hydrogens is 314 g/mol. The van der Waals surface area contributed by atoms with Crippen LogP contribution < -0.4 is 14.8 Å². The fraction of sp³-hybridized carbons (Fsp3) is 0.438. The van der Waals surface area contributed by atoms with E-state index in [1.165, 1.54) is 14.2 Å². The summed E-state index contributed by atoms with van der Waals surface area (Å²) in [5.41, 5.74) is 0.381. The van der Waals surface area contributed by atoms with E-state index in [1.807, 2.05) is 0 Å². The molecule has 0 bridgehead atoms. The van der Waals surface area contributed by atoms with Gasteiger partial charge in [-0.3, -0.25) is 14.4 Å². The van der Waals surface area contributed by atoms with Gasteiger partial charge in [0.1, 0.15) is 0 Å². The lowest BCUT2D eigenvalue weighted by Gasteiger charge is -2.32. The SMILES string of the molecule is COc1ccc(C(=O)NCC(=O)N2CCN(C=O)CC2)cc1OC. The zero-order valence-corrected chi connectivity index (χ0v) is 13.8. The predicted molar refractivity (Wildman–Crippen MR) is 86.1 cm³/mol. The van der Waals surface area contributed by atoms with Crippen molar-refractivity contribution in [2.75, 3.05) is 46.9 Å². The Morgan fingerprint density at radius 2 is 1.79 bits per heavy atom.